The third-order valence-electron chi connectivity index (χ3n) is 5.35. The highest BCUT2D eigenvalue weighted by Gasteiger charge is 2.45. The maximum atomic E-state index is 14.1. The molecule has 0 bridgehead atoms. The van der Waals surface area contributed by atoms with Gasteiger partial charge in [-0.1, -0.05) is 91.0 Å². The Hall–Kier alpha value is -3.93. The fourth-order valence-corrected chi connectivity index (χ4v) is 3.81. The van der Waals surface area contributed by atoms with Crippen molar-refractivity contribution < 1.29 is 23.9 Å². The minimum absolute atomic E-state index is 0.344. The fraction of sp³-hybridized carbons (Fsp3) is 0.192. The van der Waals surface area contributed by atoms with Crippen molar-refractivity contribution in [2.75, 3.05) is 14.2 Å². The summed E-state index contributed by atoms with van der Waals surface area (Å²) in [4.78, 5) is 38.4. The number of carbonyl (C=O) groups is 3. The number of carbonyl (C=O) groups excluding carboxylic acids is 3. The summed E-state index contributed by atoms with van der Waals surface area (Å²) in [6, 6.07) is 26.8. The third-order valence-corrected chi connectivity index (χ3v) is 5.35. The van der Waals surface area contributed by atoms with Crippen LogP contribution in [0.15, 0.2) is 91.0 Å². The van der Waals surface area contributed by atoms with Gasteiger partial charge < -0.3 is 14.8 Å². The first-order valence-electron chi connectivity index (χ1n) is 10.2. The molecule has 0 unspecified atom stereocenters. The Labute approximate surface area is 187 Å². The number of rotatable bonds is 8. The summed E-state index contributed by atoms with van der Waals surface area (Å²) in [5.41, 5.74) is 0.886. The molecule has 1 N–H and O–H groups in total. The highest BCUT2D eigenvalue weighted by Crippen LogP contribution is 2.39. The standard InChI is InChI=1S/C26H25NO5/c1-31-23(28)18-22(24(29)32-2)27-25(30)26(19-12-6-3-7-13-19,20-14-8-4-9-15-20)21-16-10-5-11-17-21/h3-17,22H,18H2,1-2H3,(H,27,30)/t22-/m1/s1. The minimum Gasteiger partial charge on any atom is -0.469 e. The lowest BCUT2D eigenvalue weighted by atomic mass is 9.68. The van der Waals surface area contributed by atoms with E-state index in [0.717, 1.165) is 16.7 Å². The summed E-state index contributed by atoms with van der Waals surface area (Å²) >= 11 is 0. The van der Waals surface area contributed by atoms with Crippen molar-refractivity contribution in [3.63, 3.8) is 0 Å². The third kappa shape index (κ3) is 4.54. The van der Waals surface area contributed by atoms with E-state index in [1.807, 2.05) is 91.0 Å². The van der Waals surface area contributed by atoms with Crippen molar-refractivity contribution in [1.29, 1.82) is 0 Å². The van der Waals surface area contributed by atoms with Gasteiger partial charge in [-0.25, -0.2) is 4.79 Å². The molecule has 3 aromatic rings. The van der Waals surface area contributed by atoms with Gasteiger partial charge in [0.1, 0.15) is 11.5 Å². The molecule has 3 aromatic carbocycles. The molecule has 0 aliphatic heterocycles. The number of esters is 2. The Morgan fingerprint density at radius 1 is 0.719 bits per heavy atom. The molecule has 3 rings (SSSR count). The molecule has 6 heteroatoms. The minimum atomic E-state index is -1.27. The molecule has 0 fully saturated rings. The molecular weight excluding hydrogens is 406 g/mol. The fourth-order valence-electron chi connectivity index (χ4n) is 3.81. The van der Waals surface area contributed by atoms with Crippen LogP contribution in [0.1, 0.15) is 23.1 Å². The first kappa shape index (κ1) is 22.7. The molecule has 0 saturated carbocycles. The average Bonchev–Trinajstić information content (AvgIpc) is 2.85. The molecule has 1 atom stereocenters. The van der Waals surface area contributed by atoms with E-state index in [4.69, 9.17) is 9.47 Å². The summed E-state index contributed by atoms with van der Waals surface area (Å²) in [6.45, 7) is 0. The quantitative estimate of drug-likeness (QED) is 0.437. The Bertz CT molecular complexity index is 955. The number of amides is 1. The van der Waals surface area contributed by atoms with E-state index in [2.05, 4.69) is 5.32 Å². The Morgan fingerprint density at radius 3 is 1.47 bits per heavy atom. The smallest absolute Gasteiger partial charge is 0.328 e. The van der Waals surface area contributed by atoms with Crippen LogP contribution in [0.5, 0.6) is 0 Å². The second-order valence-electron chi connectivity index (χ2n) is 7.18. The van der Waals surface area contributed by atoms with Crippen molar-refractivity contribution in [1.82, 2.24) is 5.32 Å². The molecule has 0 saturated heterocycles. The SMILES string of the molecule is COC(=O)C[C@@H](NC(=O)C(c1ccccc1)(c1ccccc1)c1ccccc1)C(=O)OC. The van der Waals surface area contributed by atoms with E-state index < -0.39 is 29.3 Å². The normalized spacial score (nSPS) is 11.8. The molecule has 0 heterocycles. The van der Waals surface area contributed by atoms with Gasteiger partial charge in [-0.15, -0.1) is 0 Å². The summed E-state index contributed by atoms with van der Waals surface area (Å²) in [7, 11) is 2.43. The second-order valence-corrected chi connectivity index (χ2v) is 7.18. The van der Waals surface area contributed by atoms with Gasteiger partial charge in [0.05, 0.1) is 20.6 Å². The average molecular weight is 431 g/mol. The van der Waals surface area contributed by atoms with Crippen molar-refractivity contribution >= 4 is 17.8 Å². The van der Waals surface area contributed by atoms with Crippen molar-refractivity contribution in [3.05, 3.63) is 108 Å². The van der Waals surface area contributed by atoms with E-state index in [-0.39, 0.29) is 6.42 Å². The van der Waals surface area contributed by atoms with E-state index >= 15 is 0 Å². The van der Waals surface area contributed by atoms with Crippen LogP contribution < -0.4 is 5.32 Å². The molecule has 0 aliphatic rings. The lowest BCUT2D eigenvalue weighted by Crippen LogP contribution is -2.52. The number of hydrogen-bond acceptors (Lipinski definition) is 5. The Balaban J connectivity index is 2.21. The first-order chi connectivity index (χ1) is 15.5. The van der Waals surface area contributed by atoms with Gasteiger partial charge in [-0.05, 0) is 16.7 Å². The topological polar surface area (TPSA) is 81.7 Å². The predicted octanol–water partition coefficient (Wildman–Crippen LogP) is 3.24. The van der Waals surface area contributed by atoms with Crippen LogP contribution in [0, 0.1) is 0 Å². The molecule has 0 spiro atoms. The van der Waals surface area contributed by atoms with Crippen LogP contribution in [0.25, 0.3) is 0 Å². The molecule has 0 radical (unpaired) electrons. The zero-order valence-corrected chi connectivity index (χ0v) is 18.0. The zero-order valence-electron chi connectivity index (χ0n) is 18.0. The molecule has 0 aromatic heterocycles. The van der Waals surface area contributed by atoms with Crippen LogP contribution in [0.4, 0.5) is 0 Å². The Kier molecular flexibility index (Phi) is 7.39. The molecule has 1 amide bonds. The summed E-state index contributed by atoms with van der Waals surface area (Å²) < 4.78 is 9.53. The van der Waals surface area contributed by atoms with Crippen LogP contribution in [0.2, 0.25) is 0 Å². The van der Waals surface area contributed by atoms with Crippen LogP contribution >= 0.6 is 0 Å². The summed E-state index contributed by atoms with van der Waals surface area (Å²) in [5, 5.41) is 2.76. The second kappa shape index (κ2) is 10.4. The zero-order chi connectivity index (χ0) is 23.0. The van der Waals surface area contributed by atoms with Crippen molar-refractivity contribution in [3.8, 4) is 0 Å². The molecule has 6 nitrogen and oxygen atoms in total. The van der Waals surface area contributed by atoms with E-state index in [1.165, 1.54) is 14.2 Å². The van der Waals surface area contributed by atoms with Crippen LogP contribution in [-0.2, 0) is 29.3 Å². The van der Waals surface area contributed by atoms with Gasteiger partial charge in [0.25, 0.3) is 0 Å². The van der Waals surface area contributed by atoms with Crippen LogP contribution in [0.3, 0.4) is 0 Å². The molecule has 0 aliphatic carbocycles. The maximum Gasteiger partial charge on any atom is 0.328 e. The van der Waals surface area contributed by atoms with Crippen molar-refractivity contribution in [2.45, 2.75) is 17.9 Å². The van der Waals surface area contributed by atoms with E-state index in [0.29, 0.717) is 0 Å². The largest absolute Gasteiger partial charge is 0.469 e. The predicted molar refractivity (Wildman–Crippen MR) is 120 cm³/mol. The highest BCUT2D eigenvalue weighted by atomic mass is 16.5. The summed E-state index contributed by atoms with van der Waals surface area (Å²) in [6.07, 6.45) is -0.344. The lowest BCUT2D eigenvalue weighted by Gasteiger charge is -2.35. The monoisotopic (exact) mass is 431 g/mol. The van der Waals surface area contributed by atoms with Crippen molar-refractivity contribution in [2.24, 2.45) is 0 Å². The van der Waals surface area contributed by atoms with Gasteiger partial charge >= 0.3 is 11.9 Å². The number of methoxy groups -OCH3 is 2. The molecule has 164 valence electrons. The number of benzene rings is 3. The summed E-state index contributed by atoms with van der Waals surface area (Å²) in [5.74, 6) is -1.82. The van der Waals surface area contributed by atoms with Gasteiger partial charge in [0.15, 0.2) is 0 Å². The maximum absolute atomic E-state index is 14.1. The van der Waals surface area contributed by atoms with Gasteiger partial charge in [-0.3, -0.25) is 9.59 Å². The van der Waals surface area contributed by atoms with Gasteiger partial charge in [0.2, 0.25) is 5.91 Å². The lowest BCUT2D eigenvalue weighted by molar-refractivity contribution is -0.151. The highest BCUT2D eigenvalue weighted by molar-refractivity contribution is 5.99. The van der Waals surface area contributed by atoms with Gasteiger partial charge in [0, 0.05) is 0 Å². The number of ether oxygens (including phenoxy) is 2. The number of hydrogen-bond donors (Lipinski definition) is 1. The van der Waals surface area contributed by atoms with Gasteiger partial charge in [-0.2, -0.15) is 0 Å². The Morgan fingerprint density at radius 2 is 1.12 bits per heavy atom. The first-order valence-corrected chi connectivity index (χ1v) is 10.2. The van der Waals surface area contributed by atoms with E-state index in [9.17, 15) is 14.4 Å². The molecular formula is C26H25NO5. The van der Waals surface area contributed by atoms with Crippen LogP contribution in [-0.4, -0.2) is 38.1 Å². The number of nitrogens with one attached hydrogen (secondary N) is 1. The van der Waals surface area contributed by atoms with E-state index in [1.54, 1.807) is 0 Å². The molecule has 32 heavy (non-hydrogen) atoms.